The monoisotopic (exact) mass is 205 g/mol. The van der Waals surface area contributed by atoms with Crippen molar-refractivity contribution < 1.29 is 4.74 Å². The Balaban J connectivity index is 0.000000845. The molecule has 13 heavy (non-hydrogen) atoms. The maximum Gasteiger partial charge on any atom is 0.0661 e. The van der Waals surface area contributed by atoms with E-state index in [0.29, 0.717) is 5.41 Å². The van der Waals surface area contributed by atoms with Gasteiger partial charge in [0.05, 0.1) is 5.60 Å². The van der Waals surface area contributed by atoms with Crippen LogP contribution < -0.4 is 5.32 Å². The lowest BCUT2D eigenvalue weighted by Crippen LogP contribution is -2.55. The molecule has 1 saturated heterocycles. The first-order valence-corrected chi connectivity index (χ1v) is 4.94. The molecule has 0 radical (unpaired) electrons. The van der Waals surface area contributed by atoms with E-state index in [4.69, 9.17) is 4.74 Å². The Morgan fingerprint density at radius 3 is 2.15 bits per heavy atom. The third-order valence-electron chi connectivity index (χ3n) is 3.65. The minimum Gasteiger partial charge on any atom is -0.378 e. The van der Waals surface area contributed by atoms with Crippen LogP contribution in [0.3, 0.4) is 0 Å². The normalized spacial score (nSPS) is 29.1. The fourth-order valence-corrected chi connectivity index (χ4v) is 2.99. The van der Waals surface area contributed by atoms with Crippen molar-refractivity contribution >= 4 is 12.4 Å². The molecule has 2 nitrogen and oxygen atoms in total. The van der Waals surface area contributed by atoms with Crippen molar-refractivity contribution in [3.8, 4) is 0 Å². The van der Waals surface area contributed by atoms with Crippen LogP contribution in [0.1, 0.15) is 32.6 Å². The number of rotatable bonds is 1. The van der Waals surface area contributed by atoms with Crippen molar-refractivity contribution in [2.75, 3.05) is 20.2 Å². The molecule has 0 atom stereocenters. The van der Waals surface area contributed by atoms with Gasteiger partial charge < -0.3 is 10.1 Å². The van der Waals surface area contributed by atoms with Gasteiger partial charge in [0, 0.05) is 7.11 Å². The summed E-state index contributed by atoms with van der Waals surface area (Å²) in [4.78, 5) is 0. The van der Waals surface area contributed by atoms with Crippen molar-refractivity contribution in [2.24, 2.45) is 5.41 Å². The SMILES string of the molecule is COC1(C)CC2(CCNCC2)C1.Cl. The highest BCUT2D eigenvalue weighted by Gasteiger charge is 2.51. The van der Waals surface area contributed by atoms with E-state index in [2.05, 4.69) is 12.2 Å². The standard InChI is InChI=1S/C10H19NO.ClH/c1-9(12-2)7-10(8-9)3-5-11-6-4-10;/h11H,3-8H2,1-2H3;1H. The van der Waals surface area contributed by atoms with Crippen LogP contribution in [0.4, 0.5) is 0 Å². The first kappa shape index (κ1) is 11.3. The molecule has 2 rings (SSSR count). The number of piperidine rings is 1. The lowest BCUT2D eigenvalue weighted by Gasteiger charge is -2.55. The Hall–Kier alpha value is 0.210. The van der Waals surface area contributed by atoms with Gasteiger partial charge in [-0.3, -0.25) is 0 Å². The second-order valence-electron chi connectivity index (χ2n) is 4.76. The van der Waals surface area contributed by atoms with Gasteiger partial charge in [-0.1, -0.05) is 0 Å². The molecule has 0 aromatic carbocycles. The van der Waals surface area contributed by atoms with E-state index >= 15 is 0 Å². The van der Waals surface area contributed by atoms with Crippen LogP contribution in [-0.4, -0.2) is 25.8 Å². The molecule has 0 aromatic heterocycles. The molecule has 1 spiro atoms. The molecule has 0 bridgehead atoms. The second-order valence-corrected chi connectivity index (χ2v) is 4.76. The molecule has 1 saturated carbocycles. The van der Waals surface area contributed by atoms with Gasteiger partial charge in [-0.15, -0.1) is 12.4 Å². The Morgan fingerprint density at radius 2 is 1.69 bits per heavy atom. The van der Waals surface area contributed by atoms with Crippen LogP contribution in [0, 0.1) is 5.41 Å². The van der Waals surface area contributed by atoms with Gasteiger partial charge in [0.1, 0.15) is 0 Å². The topological polar surface area (TPSA) is 21.3 Å². The average Bonchev–Trinajstić information content (AvgIpc) is 2.04. The number of nitrogens with one attached hydrogen (secondary N) is 1. The summed E-state index contributed by atoms with van der Waals surface area (Å²) in [6.07, 6.45) is 5.26. The van der Waals surface area contributed by atoms with Crippen molar-refractivity contribution in [2.45, 2.75) is 38.2 Å². The van der Waals surface area contributed by atoms with Gasteiger partial charge >= 0.3 is 0 Å². The molecule has 1 heterocycles. The van der Waals surface area contributed by atoms with E-state index in [9.17, 15) is 0 Å². The van der Waals surface area contributed by atoms with Crippen LogP contribution in [-0.2, 0) is 4.74 Å². The smallest absolute Gasteiger partial charge is 0.0661 e. The van der Waals surface area contributed by atoms with E-state index in [1.807, 2.05) is 7.11 Å². The Bertz CT molecular complexity index is 170. The van der Waals surface area contributed by atoms with Gasteiger partial charge in [0.25, 0.3) is 0 Å². The number of hydrogen-bond donors (Lipinski definition) is 1. The largest absolute Gasteiger partial charge is 0.378 e. The predicted molar refractivity (Wildman–Crippen MR) is 56.4 cm³/mol. The van der Waals surface area contributed by atoms with Crippen LogP contribution in [0.25, 0.3) is 0 Å². The summed E-state index contributed by atoms with van der Waals surface area (Å²) >= 11 is 0. The van der Waals surface area contributed by atoms with Crippen molar-refractivity contribution in [1.29, 1.82) is 0 Å². The zero-order valence-corrected chi connectivity index (χ0v) is 9.38. The van der Waals surface area contributed by atoms with Crippen molar-refractivity contribution in [1.82, 2.24) is 5.32 Å². The summed E-state index contributed by atoms with van der Waals surface area (Å²) in [7, 11) is 1.84. The molecule has 1 N–H and O–H groups in total. The molecule has 0 amide bonds. The highest BCUT2D eigenvalue weighted by Crippen LogP contribution is 2.55. The van der Waals surface area contributed by atoms with E-state index in [-0.39, 0.29) is 18.0 Å². The number of methoxy groups -OCH3 is 1. The Morgan fingerprint density at radius 1 is 1.15 bits per heavy atom. The highest BCUT2D eigenvalue weighted by atomic mass is 35.5. The molecule has 3 heteroatoms. The maximum absolute atomic E-state index is 5.48. The Labute approximate surface area is 86.8 Å². The minimum atomic E-state index is 0. The summed E-state index contributed by atoms with van der Waals surface area (Å²) in [5.74, 6) is 0. The number of ether oxygens (including phenoxy) is 1. The maximum atomic E-state index is 5.48. The second kappa shape index (κ2) is 3.76. The van der Waals surface area contributed by atoms with Gasteiger partial charge in [-0.2, -0.15) is 0 Å². The summed E-state index contributed by atoms with van der Waals surface area (Å²) in [6.45, 7) is 4.65. The number of halogens is 1. The van der Waals surface area contributed by atoms with Crippen molar-refractivity contribution in [3.05, 3.63) is 0 Å². The third kappa shape index (κ3) is 2.00. The van der Waals surface area contributed by atoms with Gasteiger partial charge in [-0.05, 0) is 51.1 Å². The van der Waals surface area contributed by atoms with Crippen LogP contribution >= 0.6 is 12.4 Å². The lowest BCUT2D eigenvalue weighted by molar-refractivity contribution is -0.149. The molecule has 0 aromatic rings. The molecule has 2 aliphatic rings. The van der Waals surface area contributed by atoms with Crippen LogP contribution in [0.15, 0.2) is 0 Å². The zero-order valence-electron chi connectivity index (χ0n) is 8.56. The molecular weight excluding hydrogens is 186 g/mol. The van der Waals surface area contributed by atoms with Crippen LogP contribution in [0.2, 0.25) is 0 Å². The van der Waals surface area contributed by atoms with Crippen molar-refractivity contribution in [3.63, 3.8) is 0 Å². The zero-order chi connectivity index (χ0) is 8.66. The third-order valence-corrected chi connectivity index (χ3v) is 3.65. The van der Waals surface area contributed by atoms with Gasteiger partial charge in [0.2, 0.25) is 0 Å². The molecule has 0 unspecified atom stereocenters. The summed E-state index contributed by atoms with van der Waals surface area (Å²) < 4.78 is 5.48. The molecule has 78 valence electrons. The molecule has 2 fully saturated rings. The average molecular weight is 206 g/mol. The van der Waals surface area contributed by atoms with E-state index in [0.717, 1.165) is 0 Å². The highest BCUT2D eigenvalue weighted by molar-refractivity contribution is 5.85. The molecule has 1 aliphatic heterocycles. The first-order chi connectivity index (χ1) is 5.68. The molecular formula is C10H20ClNO. The molecule has 1 aliphatic carbocycles. The van der Waals surface area contributed by atoms with Gasteiger partial charge in [0.15, 0.2) is 0 Å². The summed E-state index contributed by atoms with van der Waals surface area (Å²) in [5.41, 5.74) is 0.855. The Kier molecular flexibility index (Phi) is 3.26. The number of hydrogen-bond acceptors (Lipinski definition) is 2. The summed E-state index contributed by atoms with van der Waals surface area (Å²) in [6, 6.07) is 0. The van der Waals surface area contributed by atoms with Gasteiger partial charge in [-0.25, -0.2) is 0 Å². The quantitative estimate of drug-likeness (QED) is 0.707. The summed E-state index contributed by atoms with van der Waals surface area (Å²) in [5, 5.41) is 3.41. The van der Waals surface area contributed by atoms with E-state index < -0.39 is 0 Å². The van der Waals surface area contributed by atoms with E-state index in [1.54, 1.807) is 0 Å². The minimum absolute atomic E-state index is 0. The van der Waals surface area contributed by atoms with E-state index in [1.165, 1.54) is 38.8 Å². The first-order valence-electron chi connectivity index (χ1n) is 4.94. The fourth-order valence-electron chi connectivity index (χ4n) is 2.99. The lowest BCUT2D eigenvalue weighted by atomic mass is 9.56. The predicted octanol–water partition coefficient (Wildman–Crippen LogP) is 1.98. The van der Waals surface area contributed by atoms with Crippen LogP contribution in [0.5, 0.6) is 0 Å². The fraction of sp³-hybridized carbons (Fsp3) is 1.00.